The Morgan fingerprint density at radius 3 is 3.00 bits per heavy atom. The number of pyridine rings is 1. The Bertz CT molecular complexity index is 956. The van der Waals surface area contributed by atoms with Crippen LogP contribution >= 0.6 is 11.3 Å². The van der Waals surface area contributed by atoms with Crippen molar-refractivity contribution < 1.29 is 4.79 Å². The van der Waals surface area contributed by atoms with E-state index >= 15 is 0 Å². The molecule has 0 spiro atoms. The molecule has 1 fully saturated rings. The monoisotopic (exact) mass is 366 g/mol. The average molecular weight is 366 g/mol. The summed E-state index contributed by atoms with van der Waals surface area (Å²) in [4.78, 5) is 32.3. The predicted molar refractivity (Wildman–Crippen MR) is 99.8 cm³/mol. The largest absolute Gasteiger partial charge is 0.384 e. The summed E-state index contributed by atoms with van der Waals surface area (Å²) in [7, 11) is 0. The van der Waals surface area contributed by atoms with Gasteiger partial charge in [-0.1, -0.05) is 0 Å². The van der Waals surface area contributed by atoms with Crippen molar-refractivity contribution in [1.82, 2.24) is 24.8 Å². The zero-order valence-corrected chi connectivity index (χ0v) is 15.1. The van der Waals surface area contributed by atoms with Crippen molar-refractivity contribution in [2.24, 2.45) is 0 Å². The fraction of sp³-hybridized carbons (Fsp3) is 0.278. The van der Waals surface area contributed by atoms with Gasteiger partial charge in [-0.2, -0.15) is 0 Å². The first kappa shape index (κ1) is 16.6. The minimum absolute atomic E-state index is 0.0521. The van der Waals surface area contributed by atoms with E-state index in [9.17, 15) is 4.79 Å². The van der Waals surface area contributed by atoms with E-state index in [1.165, 1.54) is 11.3 Å². The fourth-order valence-corrected chi connectivity index (χ4v) is 4.09. The van der Waals surface area contributed by atoms with E-state index in [0.717, 1.165) is 33.8 Å². The summed E-state index contributed by atoms with van der Waals surface area (Å²) in [6.45, 7) is 3.22. The van der Waals surface area contributed by atoms with Gasteiger partial charge in [-0.3, -0.25) is 4.79 Å². The van der Waals surface area contributed by atoms with Crippen LogP contribution in [0.1, 0.15) is 33.4 Å². The van der Waals surface area contributed by atoms with Gasteiger partial charge >= 0.3 is 0 Å². The van der Waals surface area contributed by atoms with E-state index < -0.39 is 0 Å². The van der Waals surface area contributed by atoms with Crippen LogP contribution in [-0.4, -0.2) is 43.8 Å². The molecule has 0 bridgehead atoms. The average Bonchev–Trinajstić information content (AvgIpc) is 3.30. The molecular weight excluding hydrogens is 348 g/mol. The number of thiazole rings is 1. The maximum Gasteiger partial charge on any atom is 0.265 e. The van der Waals surface area contributed by atoms with Gasteiger partial charge in [0.2, 0.25) is 0 Å². The van der Waals surface area contributed by atoms with Crippen LogP contribution < -0.4 is 5.73 Å². The molecule has 1 saturated heterocycles. The number of carbonyl (C=O) groups excluding carboxylic acids is 1. The van der Waals surface area contributed by atoms with Gasteiger partial charge in [-0.05, 0) is 31.0 Å². The number of rotatable bonds is 3. The summed E-state index contributed by atoms with van der Waals surface area (Å²) in [6, 6.07) is 3.72. The van der Waals surface area contributed by atoms with E-state index in [4.69, 9.17) is 5.73 Å². The molecule has 0 saturated carbocycles. The first-order valence-corrected chi connectivity index (χ1v) is 9.22. The van der Waals surface area contributed by atoms with Crippen LogP contribution in [0.25, 0.3) is 11.1 Å². The predicted octanol–water partition coefficient (Wildman–Crippen LogP) is 2.52. The van der Waals surface area contributed by atoms with Crippen molar-refractivity contribution in [2.45, 2.75) is 19.3 Å². The molecule has 0 unspecified atom stereocenters. The van der Waals surface area contributed by atoms with Crippen molar-refractivity contribution in [3.63, 3.8) is 0 Å². The van der Waals surface area contributed by atoms with Gasteiger partial charge in [-0.25, -0.2) is 19.9 Å². The molecule has 3 aromatic rings. The lowest BCUT2D eigenvalue weighted by molar-refractivity contribution is 0.0794. The van der Waals surface area contributed by atoms with Crippen LogP contribution in [0.4, 0.5) is 5.82 Å². The van der Waals surface area contributed by atoms with Crippen molar-refractivity contribution in [1.29, 1.82) is 0 Å². The van der Waals surface area contributed by atoms with Crippen molar-refractivity contribution in [3.05, 3.63) is 52.6 Å². The molecule has 3 aromatic heterocycles. The van der Waals surface area contributed by atoms with Crippen LogP contribution in [0.3, 0.4) is 0 Å². The number of anilines is 1. The third-order valence-electron chi connectivity index (χ3n) is 4.64. The SMILES string of the molecule is Cc1ncsc1C(=O)N1CC[C@@H](c2ncncc2-c2ccnc(N)c2)C1. The molecule has 0 radical (unpaired) electrons. The van der Waals surface area contributed by atoms with Gasteiger partial charge in [0.05, 0.1) is 16.9 Å². The van der Waals surface area contributed by atoms with E-state index in [0.29, 0.717) is 18.9 Å². The number of aryl methyl sites for hydroxylation is 1. The van der Waals surface area contributed by atoms with Gasteiger partial charge < -0.3 is 10.6 Å². The third kappa shape index (κ3) is 3.03. The number of likely N-dealkylation sites (tertiary alicyclic amines) is 1. The number of aromatic nitrogens is 4. The number of carbonyl (C=O) groups is 1. The van der Waals surface area contributed by atoms with E-state index in [2.05, 4.69) is 19.9 Å². The molecule has 1 aliphatic rings. The second-order valence-electron chi connectivity index (χ2n) is 6.29. The molecule has 1 atom stereocenters. The molecule has 4 heterocycles. The minimum atomic E-state index is 0.0521. The quantitative estimate of drug-likeness (QED) is 0.765. The highest BCUT2D eigenvalue weighted by Crippen LogP contribution is 2.34. The molecule has 2 N–H and O–H groups in total. The first-order valence-electron chi connectivity index (χ1n) is 8.34. The summed E-state index contributed by atoms with van der Waals surface area (Å²) in [5.41, 5.74) is 11.2. The normalized spacial score (nSPS) is 16.8. The highest BCUT2D eigenvalue weighted by atomic mass is 32.1. The summed E-state index contributed by atoms with van der Waals surface area (Å²) in [6.07, 6.45) is 5.91. The zero-order valence-electron chi connectivity index (χ0n) is 14.3. The molecule has 8 heteroatoms. The smallest absolute Gasteiger partial charge is 0.265 e. The minimum Gasteiger partial charge on any atom is -0.384 e. The summed E-state index contributed by atoms with van der Waals surface area (Å²) < 4.78 is 0. The number of amides is 1. The van der Waals surface area contributed by atoms with Gasteiger partial charge in [0, 0.05) is 37.0 Å². The Morgan fingerprint density at radius 2 is 2.23 bits per heavy atom. The van der Waals surface area contributed by atoms with Crippen LogP contribution in [0.15, 0.2) is 36.4 Å². The lowest BCUT2D eigenvalue weighted by Gasteiger charge is -2.17. The lowest BCUT2D eigenvalue weighted by atomic mass is 9.96. The van der Waals surface area contributed by atoms with Crippen LogP contribution in [0.5, 0.6) is 0 Å². The molecular formula is C18H18N6OS. The molecule has 4 rings (SSSR count). The standard InChI is InChI=1S/C18H18N6OS/c1-11-17(26-10-23-11)18(25)24-5-3-13(8-24)16-14(7-20-9-22-16)12-2-4-21-15(19)6-12/h2,4,6-7,9-10,13H,3,5,8H2,1H3,(H2,19,21)/t13-/m1/s1. The highest BCUT2D eigenvalue weighted by molar-refractivity contribution is 7.11. The molecule has 1 aliphatic heterocycles. The molecule has 0 aromatic carbocycles. The Morgan fingerprint density at radius 1 is 1.35 bits per heavy atom. The number of nitrogens with zero attached hydrogens (tertiary/aromatic N) is 5. The van der Waals surface area contributed by atoms with Crippen LogP contribution in [0, 0.1) is 6.92 Å². The number of hydrogen-bond acceptors (Lipinski definition) is 7. The maximum atomic E-state index is 12.7. The highest BCUT2D eigenvalue weighted by Gasteiger charge is 2.31. The van der Waals surface area contributed by atoms with E-state index in [1.807, 2.05) is 24.0 Å². The van der Waals surface area contributed by atoms with Gasteiger partial charge in [-0.15, -0.1) is 11.3 Å². The third-order valence-corrected chi connectivity index (χ3v) is 5.55. The van der Waals surface area contributed by atoms with Crippen LogP contribution in [-0.2, 0) is 0 Å². The first-order chi connectivity index (χ1) is 12.6. The number of nitrogen functional groups attached to an aromatic ring is 1. The van der Waals surface area contributed by atoms with Gasteiger partial charge in [0.15, 0.2) is 0 Å². The van der Waals surface area contributed by atoms with Crippen molar-refractivity contribution >= 4 is 23.1 Å². The second kappa shape index (κ2) is 6.80. The van der Waals surface area contributed by atoms with Gasteiger partial charge in [0.1, 0.15) is 17.0 Å². The Balaban J connectivity index is 1.60. The fourth-order valence-electron chi connectivity index (χ4n) is 3.32. The van der Waals surface area contributed by atoms with Crippen molar-refractivity contribution in [2.75, 3.05) is 18.8 Å². The summed E-state index contributed by atoms with van der Waals surface area (Å²) >= 11 is 1.39. The maximum absolute atomic E-state index is 12.7. The summed E-state index contributed by atoms with van der Waals surface area (Å²) in [5, 5.41) is 0. The Labute approximate surface area is 155 Å². The van der Waals surface area contributed by atoms with Gasteiger partial charge in [0.25, 0.3) is 5.91 Å². The molecule has 26 heavy (non-hydrogen) atoms. The lowest BCUT2D eigenvalue weighted by Crippen LogP contribution is -2.28. The van der Waals surface area contributed by atoms with Crippen LogP contribution in [0.2, 0.25) is 0 Å². The number of nitrogens with two attached hydrogens (primary N) is 1. The zero-order chi connectivity index (χ0) is 18.1. The Hall–Kier alpha value is -2.87. The number of hydrogen-bond donors (Lipinski definition) is 1. The molecule has 0 aliphatic carbocycles. The molecule has 1 amide bonds. The van der Waals surface area contributed by atoms with E-state index in [1.54, 1.807) is 24.2 Å². The topological polar surface area (TPSA) is 97.9 Å². The van der Waals surface area contributed by atoms with Crippen molar-refractivity contribution in [3.8, 4) is 11.1 Å². The Kier molecular flexibility index (Phi) is 4.34. The molecule has 7 nitrogen and oxygen atoms in total. The molecule has 132 valence electrons. The summed E-state index contributed by atoms with van der Waals surface area (Å²) in [5.74, 6) is 0.678. The second-order valence-corrected chi connectivity index (χ2v) is 7.15. The van der Waals surface area contributed by atoms with E-state index in [-0.39, 0.29) is 11.8 Å².